The van der Waals surface area contributed by atoms with Crippen LogP contribution in [0.4, 0.5) is 0 Å². The van der Waals surface area contributed by atoms with Crippen molar-refractivity contribution in [2.75, 3.05) is 6.61 Å². The molecule has 1 heterocycles. The maximum atomic E-state index is 9.34. The topological polar surface area (TPSA) is 49.7 Å². The Balaban J connectivity index is 2.53. The molecule has 60 valence electrons. The molecule has 1 saturated heterocycles. The fourth-order valence-electron chi connectivity index (χ4n) is 1.25. The molecule has 0 radical (unpaired) electrons. The fraction of sp³-hybridized carbons (Fsp3) is 1.00. The van der Waals surface area contributed by atoms with Gasteiger partial charge in [-0.2, -0.15) is 0 Å². The summed E-state index contributed by atoms with van der Waals surface area (Å²) < 4.78 is 5.23. The van der Waals surface area contributed by atoms with Gasteiger partial charge in [-0.15, -0.1) is 0 Å². The van der Waals surface area contributed by atoms with Crippen molar-refractivity contribution in [3.63, 3.8) is 0 Å². The Morgan fingerprint density at radius 3 is 2.20 bits per heavy atom. The van der Waals surface area contributed by atoms with Crippen molar-refractivity contribution in [2.45, 2.75) is 32.2 Å². The Morgan fingerprint density at radius 2 is 2.00 bits per heavy atom. The molecule has 0 aliphatic carbocycles. The smallest absolute Gasteiger partial charge is 0.107 e. The minimum absolute atomic E-state index is 0.0622. The van der Waals surface area contributed by atoms with E-state index >= 15 is 0 Å². The first-order valence-electron chi connectivity index (χ1n) is 3.61. The van der Waals surface area contributed by atoms with Crippen LogP contribution < -0.4 is 0 Å². The van der Waals surface area contributed by atoms with Crippen molar-refractivity contribution in [3.05, 3.63) is 0 Å². The van der Waals surface area contributed by atoms with E-state index in [0.717, 1.165) is 0 Å². The Labute approximate surface area is 60.6 Å². The normalized spacial score (nSPS) is 48.0. The lowest BCUT2D eigenvalue weighted by Gasteiger charge is -2.11. The quantitative estimate of drug-likeness (QED) is 0.537. The number of hydrogen-bond donors (Lipinski definition) is 2. The minimum atomic E-state index is -0.500. The van der Waals surface area contributed by atoms with E-state index in [-0.39, 0.29) is 24.7 Å². The summed E-state index contributed by atoms with van der Waals surface area (Å²) in [6.07, 6.45) is -0.808. The Morgan fingerprint density at radius 1 is 1.40 bits per heavy atom. The minimum Gasteiger partial charge on any atom is -0.394 e. The lowest BCUT2D eigenvalue weighted by molar-refractivity contribution is -0.0170. The van der Waals surface area contributed by atoms with Crippen LogP contribution >= 0.6 is 0 Å². The first kappa shape index (κ1) is 7.98. The molecular weight excluding hydrogens is 132 g/mol. The van der Waals surface area contributed by atoms with Crippen LogP contribution in [-0.2, 0) is 4.74 Å². The Bertz CT molecular complexity index is 115. The lowest BCUT2D eigenvalue weighted by Crippen LogP contribution is -2.28. The molecule has 0 aromatic carbocycles. The maximum Gasteiger partial charge on any atom is 0.107 e. The highest BCUT2D eigenvalue weighted by Crippen LogP contribution is 2.25. The van der Waals surface area contributed by atoms with E-state index in [0.29, 0.717) is 0 Å². The number of rotatable bonds is 1. The molecule has 1 rings (SSSR count). The van der Waals surface area contributed by atoms with E-state index in [1.165, 1.54) is 0 Å². The molecule has 0 aromatic rings. The van der Waals surface area contributed by atoms with Crippen LogP contribution in [0.5, 0.6) is 0 Å². The lowest BCUT2D eigenvalue weighted by atomic mass is 10.00. The van der Waals surface area contributed by atoms with Crippen LogP contribution in [0, 0.1) is 5.92 Å². The SMILES string of the molecule is CC1O[C@H](CO)[C@H](O)C1C. The second-order valence-electron chi connectivity index (χ2n) is 2.91. The zero-order chi connectivity index (χ0) is 7.72. The molecule has 2 N–H and O–H groups in total. The van der Waals surface area contributed by atoms with Gasteiger partial charge in [-0.25, -0.2) is 0 Å². The Kier molecular flexibility index (Phi) is 2.28. The van der Waals surface area contributed by atoms with Gasteiger partial charge in [-0.05, 0) is 6.92 Å². The third-order valence-corrected chi connectivity index (χ3v) is 2.23. The van der Waals surface area contributed by atoms with Gasteiger partial charge in [0, 0.05) is 5.92 Å². The largest absolute Gasteiger partial charge is 0.394 e. The maximum absolute atomic E-state index is 9.34. The average Bonchev–Trinajstić information content (AvgIpc) is 2.17. The third-order valence-electron chi connectivity index (χ3n) is 2.23. The molecule has 2 unspecified atom stereocenters. The number of aliphatic hydroxyl groups is 2. The standard InChI is InChI=1S/C7H14O3/c1-4-5(2)10-6(3-8)7(4)9/h4-9H,3H2,1-2H3/t4?,5?,6-,7-/m1/s1. The van der Waals surface area contributed by atoms with E-state index < -0.39 is 6.10 Å². The molecule has 1 fully saturated rings. The first-order chi connectivity index (χ1) is 4.66. The van der Waals surface area contributed by atoms with Gasteiger partial charge in [-0.3, -0.25) is 0 Å². The second kappa shape index (κ2) is 2.86. The van der Waals surface area contributed by atoms with E-state index in [9.17, 15) is 5.11 Å². The molecule has 0 spiro atoms. The molecule has 4 atom stereocenters. The van der Waals surface area contributed by atoms with Gasteiger partial charge in [0.2, 0.25) is 0 Å². The highest BCUT2D eigenvalue weighted by Gasteiger charge is 2.37. The molecule has 1 aliphatic heterocycles. The predicted octanol–water partition coefficient (Wildman–Crippen LogP) is -0.237. The predicted molar refractivity (Wildman–Crippen MR) is 36.6 cm³/mol. The molecule has 0 amide bonds. The van der Waals surface area contributed by atoms with E-state index in [1.54, 1.807) is 0 Å². The molecule has 0 saturated carbocycles. The van der Waals surface area contributed by atoms with Gasteiger partial charge in [0.15, 0.2) is 0 Å². The zero-order valence-corrected chi connectivity index (χ0v) is 6.32. The van der Waals surface area contributed by atoms with Crippen molar-refractivity contribution < 1.29 is 14.9 Å². The van der Waals surface area contributed by atoms with Crippen molar-refractivity contribution in [1.29, 1.82) is 0 Å². The molecule has 0 aromatic heterocycles. The summed E-state index contributed by atoms with van der Waals surface area (Å²) in [5, 5.41) is 18.0. The summed E-state index contributed by atoms with van der Waals surface area (Å²) in [5.41, 5.74) is 0. The van der Waals surface area contributed by atoms with Crippen LogP contribution in [0.15, 0.2) is 0 Å². The van der Waals surface area contributed by atoms with Crippen molar-refractivity contribution >= 4 is 0 Å². The van der Waals surface area contributed by atoms with Gasteiger partial charge in [0.05, 0.1) is 18.8 Å². The first-order valence-corrected chi connectivity index (χ1v) is 3.61. The van der Waals surface area contributed by atoms with Crippen LogP contribution in [0.1, 0.15) is 13.8 Å². The summed E-state index contributed by atoms with van der Waals surface area (Å²) in [6.45, 7) is 3.74. The number of aliphatic hydroxyl groups excluding tert-OH is 2. The van der Waals surface area contributed by atoms with E-state index in [2.05, 4.69) is 0 Å². The molecule has 3 nitrogen and oxygen atoms in total. The summed E-state index contributed by atoms with van der Waals surface area (Å²) in [4.78, 5) is 0. The average molecular weight is 146 g/mol. The highest BCUT2D eigenvalue weighted by atomic mass is 16.5. The second-order valence-corrected chi connectivity index (χ2v) is 2.91. The van der Waals surface area contributed by atoms with Crippen molar-refractivity contribution in [3.8, 4) is 0 Å². The third kappa shape index (κ3) is 1.17. The van der Waals surface area contributed by atoms with E-state index in [4.69, 9.17) is 9.84 Å². The van der Waals surface area contributed by atoms with Crippen molar-refractivity contribution in [1.82, 2.24) is 0 Å². The van der Waals surface area contributed by atoms with Gasteiger partial charge < -0.3 is 14.9 Å². The van der Waals surface area contributed by atoms with Gasteiger partial charge in [0.1, 0.15) is 6.10 Å². The highest BCUT2D eigenvalue weighted by molar-refractivity contribution is 4.85. The summed E-state index contributed by atoms with van der Waals surface area (Å²) in [7, 11) is 0. The van der Waals surface area contributed by atoms with Gasteiger partial charge in [0.25, 0.3) is 0 Å². The molecular formula is C7H14O3. The monoisotopic (exact) mass is 146 g/mol. The number of ether oxygens (including phenoxy) is 1. The molecule has 10 heavy (non-hydrogen) atoms. The van der Waals surface area contributed by atoms with Gasteiger partial charge in [-0.1, -0.05) is 6.92 Å². The molecule has 3 heteroatoms. The fourth-order valence-corrected chi connectivity index (χ4v) is 1.25. The Hall–Kier alpha value is -0.120. The molecule has 0 bridgehead atoms. The van der Waals surface area contributed by atoms with Crippen LogP contribution in [0.25, 0.3) is 0 Å². The van der Waals surface area contributed by atoms with E-state index in [1.807, 2.05) is 13.8 Å². The van der Waals surface area contributed by atoms with Crippen molar-refractivity contribution in [2.24, 2.45) is 5.92 Å². The van der Waals surface area contributed by atoms with Crippen LogP contribution in [0.3, 0.4) is 0 Å². The number of hydrogen-bond acceptors (Lipinski definition) is 3. The summed E-state index contributed by atoms with van der Waals surface area (Å²) in [5.74, 6) is 0.136. The zero-order valence-electron chi connectivity index (χ0n) is 6.32. The molecule has 1 aliphatic rings. The van der Waals surface area contributed by atoms with Crippen LogP contribution in [0.2, 0.25) is 0 Å². The summed E-state index contributed by atoms with van der Waals surface area (Å²) >= 11 is 0. The van der Waals surface area contributed by atoms with Crippen LogP contribution in [-0.4, -0.2) is 35.1 Å². The summed E-state index contributed by atoms with van der Waals surface area (Å²) in [6, 6.07) is 0. The van der Waals surface area contributed by atoms with Gasteiger partial charge >= 0.3 is 0 Å².